The van der Waals surface area contributed by atoms with Gasteiger partial charge in [-0.15, -0.1) is 0 Å². The van der Waals surface area contributed by atoms with Crippen molar-refractivity contribution in [1.82, 2.24) is 4.31 Å². The van der Waals surface area contributed by atoms with Gasteiger partial charge < -0.3 is 5.11 Å². The highest BCUT2D eigenvalue weighted by Crippen LogP contribution is 1.96. The Labute approximate surface area is 63.6 Å². The quantitative estimate of drug-likeness (QED) is 0.322. The van der Waals surface area contributed by atoms with Crippen molar-refractivity contribution in [2.75, 3.05) is 6.73 Å². The lowest BCUT2D eigenvalue weighted by molar-refractivity contribution is -0.124. The molecule has 0 aromatic rings. The molecule has 0 atom stereocenters. The van der Waals surface area contributed by atoms with Crippen molar-refractivity contribution in [2.45, 2.75) is 0 Å². The van der Waals surface area contributed by atoms with Crippen LogP contribution in [-0.2, 0) is 15.1 Å². The predicted molar refractivity (Wildman–Crippen MR) is 35.7 cm³/mol. The molecule has 0 aliphatic heterocycles. The molecule has 64 valence electrons. The second-order valence-electron chi connectivity index (χ2n) is 1.51. The summed E-state index contributed by atoms with van der Waals surface area (Å²) in [5.74, 6) is -1.09. The van der Waals surface area contributed by atoms with Gasteiger partial charge in [-0.25, -0.2) is 0 Å². The first-order chi connectivity index (χ1) is 4.93. The minimum absolute atomic E-state index is 0.139. The van der Waals surface area contributed by atoms with Crippen LogP contribution >= 0.6 is 0 Å². The first-order valence-corrected chi connectivity index (χ1v) is 3.85. The number of nitrogens with zero attached hydrogens (tertiary/aromatic N) is 1. The zero-order chi connectivity index (χ0) is 9.07. The average Bonchev–Trinajstić information content (AvgIpc) is 1.86. The van der Waals surface area contributed by atoms with Crippen molar-refractivity contribution in [3.05, 3.63) is 12.7 Å². The highest BCUT2D eigenvalue weighted by Gasteiger charge is 2.21. The summed E-state index contributed by atoms with van der Waals surface area (Å²) in [5.41, 5.74) is 0. The molecule has 0 aromatic heterocycles. The molecular weight excluding hydrogens is 174 g/mol. The average molecular weight is 181 g/mol. The number of hydrogen-bond acceptors (Lipinski definition) is 4. The van der Waals surface area contributed by atoms with E-state index < -0.39 is 22.9 Å². The molecule has 0 spiro atoms. The highest BCUT2D eigenvalue weighted by atomic mass is 32.2. The van der Waals surface area contributed by atoms with Crippen LogP contribution in [0.15, 0.2) is 12.7 Å². The highest BCUT2D eigenvalue weighted by molar-refractivity contribution is 7.84. The van der Waals surface area contributed by atoms with Crippen molar-refractivity contribution in [2.24, 2.45) is 0 Å². The molecule has 0 aliphatic rings. The molecule has 7 heteroatoms. The fourth-order valence-electron chi connectivity index (χ4n) is 0.358. The van der Waals surface area contributed by atoms with Crippen LogP contribution in [0, 0.1) is 0 Å². The molecule has 0 saturated heterocycles. The predicted octanol–water partition coefficient (Wildman–Crippen LogP) is -1.25. The molecule has 1 amide bonds. The van der Waals surface area contributed by atoms with E-state index in [4.69, 9.17) is 9.66 Å². The minimum atomic E-state index is -4.66. The Morgan fingerprint density at radius 1 is 1.64 bits per heavy atom. The van der Waals surface area contributed by atoms with Gasteiger partial charge in [-0.2, -0.15) is 12.7 Å². The topological polar surface area (TPSA) is 94.9 Å². The van der Waals surface area contributed by atoms with Crippen molar-refractivity contribution in [3.8, 4) is 0 Å². The normalized spacial score (nSPS) is 10.7. The van der Waals surface area contributed by atoms with Crippen molar-refractivity contribution >= 4 is 16.2 Å². The summed E-state index contributed by atoms with van der Waals surface area (Å²) in [4.78, 5) is 10.5. The SMILES string of the molecule is C=CC(=O)N(CO)S(=O)(=O)O. The summed E-state index contributed by atoms with van der Waals surface area (Å²) in [6, 6.07) is 0. The van der Waals surface area contributed by atoms with Gasteiger partial charge in [0.25, 0.3) is 5.91 Å². The van der Waals surface area contributed by atoms with E-state index in [0.29, 0.717) is 6.08 Å². The molecule has 0 bridgehead atoms. The summed E-state index contributed by atoms with van der Waals surface area (Å²) in [6.07, 6.45) is 0.657. The Morgan fingerprint density at radius 2 is 2.09 bits per heavy atom. The smallest absolute Gasteiger partial charge is 0.364 e. The first-order valence-electron chi connectivity index (χ1n) is 2.46. The fourth-order valence-corrected chi connectivity index (χ4v) is 0.806. The number of aliphatic hydroxyl groups is 1. The molecule has 0 unspecified atom stereocenters. The maximum atomic E-state index is 10.5. The summed E-state index contributed by atoms with van der Waals surface area (Å²) < 4.78 is 28.5. The van der Waals surface area contributed by atoms with Crippen LogP contribution < -0.4 is 0 Å². The Balaban J connectivity index is 4.70. The maximum Gasteiger partial charge on any atom is 0.364 e. The summed E-state index contributed by atoms with van der Waals surface area (Å²) in [7, 11) is -4.66. The van der Waals surface area contributed by atoms with Crippen molar-refractivity contribution in [3.63, 3.8) is 0 Å². The minimum Gasteiger partial charge on any atom is -0.375 e. The Morgan fingerprint density at radius 3 is 2.18 bits per heavy atom. The number of carbonyl (C=O) groups excluding carboxylic acids is 1. The molecule has 0 aromatic carbocycles. The number of rotatable bonds is 3. The molecule has 0 aliphatic carbocycles. The summed E-state index contributed by atoms with van der Waals surface area (Å²) >= 11 is 0. The maximum absolute atomic E-state index is 10.5. The first kappa shape index (κ1) is 10.1. The molecule has 0 radical (unpaired) electrons. The Bertz CT molecular complexity index is 256. The molecule has 0 heterocycles. The molecular formula is C4H7NO5S. The van der Waals surface area contributed by atoms with Crippen LogP contribution in [0.5, 0.6) is 0 Å². The lowest BCUT2D eigenvalue weighted by Gasteiger charge is -2.12. The number of aliphatic hydroxyl groups excluding tert-OH is 1. The number of carbonyl (C=O) groups is 1. The Hall–Kier alpha value is -0.920. The van der Waals surface area contributed by atoms with Gasteiger partial charge in [0, 0.05) is 0 Å². The zero-order valence-corrected chi connectivity index (χ0v) is 6.28. The van der Waals surface area contributed by atoms with E-state index in [1.165, 1.54) is 0 Å². The zero-order valence-electron chi connectivity index (χ0n) is 5.47. The molecule has 0 rings (SSSR count). The monoisotopic (exact) mass is 181 g/mol. The largest absolute Gasteiger partial charge is 0.375 e. The number of hydrogen-bond donors (Lipinski definition) is 2. The number of amides is 1. The van der Waals surface area contributed by atoms with Crippen LogP contribution in [0.25, 0.3) is 0 Å². The van der Waals surface area contributed by atoms with E-state index in [1.807, 2.05) is 0 Å². The van der Waals surface area contributed by atoms with Gasteiger partial charge >= 0.3 is 10.3 Å². The molecule has 11 heavy (non-hydrogen) atoms. The summed E-state index contributed by atoms with van der Waals surface area (Å²) in [6.45, 7) is 1.86. The van der Waals surface area contributed by atoms with E-state index in [1.54, 1.807) is 0 Å². The lowest BCUT2D eigenvalue weighted by Crippen LogP contribution is -2.35. The molecule has 6 nitrogen and oxygen atoms in total. The van der Waals surface area contributed by atoms with Crippen molar-refractivity contribution in [1.29, 1.82) is 0 Å². The van der Waals surface area contributed by atoms with Gasteiger partial charge in [-0.1, -0.05) is 6.58 Å². The standard InChI is InChI=1S/C4H7NO5S/c1-2-4(7)5(3-6)11(8,9)10/h2,6H,1,3H2,(H,8,9,10). The van der Waals surface area contributed by atoms with Crippen LogP contribution in [0.3, 0.4) is 0 Å². The van der Waals surface area contributed by atoms with Crippen LogP contribution in [0.2, 0.25) is 0 Å². The van der Waals surface area contributed by atoms with Gasteiger partial charge in [0.1, 0.15) is 6.73 Å². The fraction of sp³-hybridized carbons (Fsp3) is 0.250. The lowest BCUT2D eigenvalue weighted by atomic mass is 10.6. The van der Waals surface area contributed by atoms with E-state index in [2.05, 4.69) is 6.58 Å². The van der Waals surface area contributed by atoms with Crippen LogP contribution in [0.1, 0.15) is 0 Å². The van der Waals surface area contributed by atoms with Crippen LogP contribution in [-0.4, -0.2) is 35.0 Å². The third-order valence-electron chi connectivity index (χ3n) is 0.827. The molecule has 0 fully saturated rings. The second-order valence-corrected chi connectivity index (χ2v) is 2.85. The van der Waals surface area contributed by atoms with E-state index >= 15 is 0 Å². The third-order valence-corrected chi connectivity index (χ3v) is 1.68. The van der Waals surface area contributed by atoms with Crippen molar-refractivity contribution < 1.29 is 22.9 Å². The third kappa shape index (κ3) is 2.66. The second kappa shape index (κ2) is 3.46. The van der Waals surface area contributed by atoms with Gasteiger partial charge in [0.15, 0.2) is 0 Å². The summed E-state index contributed by atoms with van der Waals surface area (Å²) in [5, 5.41) is 8.28. The van der Waals surface area contributed by atoms with Crippen LogP contribution in [0.4, 0.5) is 0 Å². The van der Waals surface area contributed by atoms with E-state index in [0.717, 1.165) is 0 Å². The van der Waals surface area contributed by atoms with E-state index in [9.17, 15) is 13.2 Å². The van der Waals surface area contributed by atoms with Gasteiger partial charge in [-0.05, 0) is 6.08 Å². The molecule has 0 saturated carbocycles. The van der Waals surface area contributed by atoms with Gasteiger partial charge in [0.2, 0.25) is 0 Å². The Kier molecular flexibility index (Phi) is 3.18. The van der Waals surface area contributed by atoms with Gasteiger partial charge in [0.05, 0.1) is 0 Å². The van der Waals surface area contributed by atoms with E-state index in [-0.39, 0.29) is 4.31 Å². The molecule has 2 N–H and O–H groups in total. The van der Waals surface area contributed by atoms with Gasteiger partial charge in [-0.3, -0.25) is 9.35 Å².